The van der Waals surface area contributed by atoms with Gasteiger partial charge in [-0.15, -0.1) is 0 Å². The lowest BCUT2D eigenvalue weighted by Crippen LogP contribution is -1.92. The molecule has 100 valence electrons. The second-order valence-corrected chi connectivity index (χ2v) is 5.13. The number of ether oxygens (including phenoxy) is 1. The average Bonchev–Trinajstić information content (AvgIpc) is 2.49. The Labute approximate surface area is 123 Å². The van der Waals surface area contributed by atoms with Crippen molar-refractivity contribution in [3.63, 3.8) is 0 Å². The van der Waals surface area contributed by atoms with E-state index in [2.05, 4.69) is 11.1 Å². The lowest BCUT2D eigenvalue weighted by molar-refractivity contribution is 0.415. The molecule has 1 aromatic heterocycles. The van der Waals surface area contributed by atoms with Crippen LogP contribution in [0.15, 0.2) is 54.9 Å². The van der Waals surface area contributed by atoms with Gasteiger partial charge in [0.15, 0.2) is 0 Å². The lowest BCUT2D eigenvalue weighted by Gasteiger charge is -2.08. The van der Waals surface area contributed by atoms with Gasteiger partial charge in [-0.2, -0.15) is 0 Å². The number of methoxy groups -OCH3 is 1. The van der Waals surface area contributed by atoms with Crippen molar-refractivity contribution in [2.45, 2.75) is 6.42 Å². The third-order valence-corrected chi connectivity index (χ3v) is 3.61. The van der Waals surface area contributed by atoms with Gasteiger partial charge >= 0.3 is 0 Å². The van der Waals surface area contributed by atoms with Gasteiger partial charge in [0.2, 0.25) is 0 Å². The van der Waals surface area contributed by atoms with E-state index in [1.54, 1.807) is 7.11 Å². The van der Waals surface area contributed by atoms with Crippen LogP contribution in [0.4, 0.5) is 0 Å². The van der Waals surface area contributed by atoms with Crippen LogP contribution in [-0.2, 0) is 6.42 Å². The van der Waals surface area contributed by atoms with Crippen LogP contribution in [-0.4, -0.2) is 12.1 Å². The number of halogens is 1. The molecule has 0 amide bonds. The first-order chi connectivity index (χ1) is 9.76. The fourth-order valence-corrected chi connectivity index (χ4v) is 2.43. The maximum atomic E-state index is 5.92. The quantitative estimate of drug-likeness (QED) is 0.707. The third-order valence-electron chi connectivity index (χ3n) is 3.36. The molecule has 0 saturated carbocycles. The third kappa shape index (κ3) is 2.61. The maximum Gasteiger partial charge on any atom is 0.119 e. The normalized spacial score (nSPS) is 10.7. The minimum atomic E-state index is 0.759. The monoisotopic (exact) mass is 283 g/mol. The van der Waals surface area contributed by atoms with Crippen molar-refractivity contribution in [1.82, 2.24) is 4.98 Å². The zero-order valence-corrected chi connectivity index (χ0v) is 11.9. The molecule has 0 spiro atoms. The topological polar surface area (TPSA) is 22.1 Å². The van der Waals surface area contributed by atoms with E-state index in [0.29, 0.717) is 0 Å². The molecule has 0 N–H and O–H groups in total. The number of nitrogens with zero attached hydrogens (tertiary/aromatic N) is 1. The first-order valence-electron chi connectivity index (χ1n) is 6.41. The van der Waals surface area contributed by atoms with Gasteiger partial charge in [-0.25, -0.2) is 0 Å². The molecule has 0 unspecified atom stereocenters. The molecule has 1 heterocycles. The molecule has 0 aliphatic rings. The number of hydrogen-bond acceptors (Lipinski definition) is 2. The van der Waals surface area contributed by atoms with Crippen molar-refractivity contribution < 1.29 is 4.74 Å². The molecule has 0 atom stereocenters. The Morgan fingerprint density at radius 1 is 1.05 bits per heavy atom. The van der Waals surface area contributed by atoms with E-state index < -0.39 is 0 Å². The second-order valence-electron chi connectivity index (χ2n) is 4.69. The van der Waals surface area contributed by atoms with Crippen LogP contribution in [0.5, 0.6) is 5.75 Å². The Balaban J connectivity index is 2.01. The lowest BCUT2D eigenvalue weighted by atomic mass is 10.0. The van der Waals surface area contributed by atoms with Crippen LogP contribution in [0.1, 0.15) is 11.1 Å². The van der Waals surface area contributed by atoms with Crippen LogP contribution in [0, 0.1) is 0 Å². The highest BCUT2D eigenvalue weighted by atomic mass is 35.5. The van der Waals surface area contributed by atoms with Gasteiger partial charge in [-0.1, -0.05) is 29.8 Å². The summed E-state index contributed by atoms with van der Waals surface area (Å²) in [5.41, 5.74) is 2.42. The molecule has 20 heavy (non-hydrogen) atoms. The second kappa shape index (κ2) is 5.51. The van der Waals surface area contributed by atoms with Crippen molar-refractivity contribution in [1.29, 1.82) is 0 Å². The Morgan fingerprint density at radius 2 is 1.85 bits per heavy atom. The molecule has 3 rings (SSSR count). The van der Waals surface area contributed by atoms with Gasteiger partial charge in [-0.3, -0.25) is 4.98 Å². The highest BCUT2D eigenvalue weighted by Crippen LogP contribution is 2.24. The summed E-state index contributed by atoms with van der Waals surface area (Å²) in [6, 6.07) is 14.0. The Morgan fingerprint density at radius 3 is 2.60 bits per heavy atom. The number of rotatable bonds is 3. The number of aromatic nitrogens is 1. The van der Waals surface area contributed by atoms with E-state index in [0.717, 1.165) is 22.6 Å². The summed E-state index contributed by atoms with van der Waals surface area (Å²) in [4.78, 5) is 4.32. The van der Waals surface area contributed by atoms with E-state index in [4.69, 9.17) is 16.3 Å². The van der Waals surface area contributed by atoms with Gasteiger partial charge in [0.1, 0.15) is 5.75 Å². The van der Waals surface area contributed by atoms with Gasteiger partial charge in [0.05, 0.1) is 7.11 Å². The summed E-state index contributed by atoms with van der Waals surface area (Å²) >= 11 is 5.92. The molecule has 0 aliphatic heterocycles. The Kier molecular flexibility index (Phi) is 3.57. The predicted octanol–water partition coefficient (Wildman–Crippen LogP) is 4.49. The first-order valence-corrected chi connectivity index (χ1v) is 6.79. The zero-order chi connectivity index (χ0) is 13.9. The van der Waals surface area contributed by atoms with Crippen molar-refractivity contribution in [2.75, 3.05) is 7.11 Å². The standard InChI is InChI=1S/C17H14ClNO/c1-20-16-6-7-17-13(10-19-11-14(17)9-16)8-12-2-4-15(18)5-3-12/h2-7,9-11H,8H2,1H3. The molecule has 0 aliphatic carbocycles. The summed E-state index contributed by atoms with van der Waals surface area (Å²) in [5, 5.41) is 3.06. The largest absolute Gasteiger partial charge is 0.497 e. The summed E-state index contributed by atoms with van der Waals surface area (Å²) < 4.78 is 5.25. The van der Waals surface area contributed by atoms with Gasteiger partial charge in [0.25, 0.3) is 0 Å². The molecule has 0 fully saturated rings. The van der Waals surface area contributed by atoms with E-state index in [-0.39, 0.29) is 0 Å². The number of fused-ring (bicyclic) bond motifs is 1. The summed E-state index contributed by atoms with van der Waals surface area (Å²) in [6.45, 7) is 0. The smallest absolute Gasteiger partial charge is 0.119 e. The highest BCUT2D eigenvalue weighted by Gasteiger charge is 2.04. The molecule has 2 nitrogen and oxygen atoms in total. The molecule has 3 aromatic rings. The predicted molar refractivity (Wildman–Crippen MR) is 82.6 cm³/mol. The summed E-state index contributed by atoms with van der Waals surface area (Å²) in [7, 11) is 1.67. The Bertz CT molecular complexity index is 738. The van der Waals surface area contributed by atoms with Crippen LogP contribution >= 0.6 is 11.6 Å². The van der Waals surface area contributed by atoms with Crippen molar-refractivity contribution in [2.24, 2.45) is 0 Å². The van der Waals surface area contributed by atoms with Crippen LogP contribution in [0.3, 0.4) is 0 Å². The van der Waals surface area contributed by atoms with Crippen molar-refractivity contribution >= 4 is 22.4 Å². The molecule has 0 saturated heterocycles. The highest BCUT2D eigenvalue weighted by molar-refractivity contribution is 6.30. The van der Waals surface area contributed by atoms with Crippen LogP contribution in [0.2, 0.25) is 5.02 Å². The Hall–Kier alpha value is -2.06. The minimum absolute atomic E-state index is 0.759. The van der Waals surface area contributed by atoms with Crippen molar-refractivity contribution in [3.8, 4) is 5.75 Å². The minimum Gasteiger partial charge on any atom is -0.497 e. The van der Waals surface area contributed by atoms with Gasteiger partial charge in [-0.05, 0) is 47.2 Å². The van der Waals surface area contributed by atoms with Gasteiger partial charge < -0.3 is 4.74 Å². The first kappa shape index (κ1) is 12.9. The van der Waals surface area contributed by atoms with Crippen molar-refractivity contribution in [3.05, 3.63) is 71.0 Å². The summed E-state index contributed by atoms with van der Waals surface area (Å²) in [6.07, 6.45) is 4.63. The molecule has 0 radical (unpaired) electrons. The molecule has 3 heteroatoms. The number of pyridine rings is 1. The number of benzene rings is 2. The fourth-order valence-electron chi connectivity index (χ4n) is 2.31. The van der Waals surface area contributed by atoms with E-state index in [9.17, 15) is 0 Å². The summed E-state index contributed by atoms with van der Waals surface area (Å²) in [5.74, 6) is 0.850. The maximum absolute atomic E-state index is 5.92. The fraction of sp³-hybridized carbons (Fsp3) is 0.118. The van der Waals surface area contributed by atoms with Crippen LogP contribution < -0.4 is 4.74 Å². The van der Waals surface area contributed by atoms with E-state index >= 15 is 0 Å². The van der Waals surface area contributed by atoms with Gasteiger partial charge in [0, 0.05) is 22.8 Å². The molecular formula is C17H14ClNO. The zero-order valence-electron chi connectivity index (χ0n) is 11.1. The van der Waals surface area contributed by atoms with E-state index in [1.807, 2.05) is 48.8 Å². The molecular weight excluding hydrogens is 270 g/mol. The average molecular weight is 284 g/mol. The SMILES string of the molecule is COc1ccc2c(Cc3ccc(Cl)cc3)cncc2c1. The number of hydrogen-bond donors (Lipinski definition) is 0. The van der Waals surface area contributed by atoms with E-state index in [1.165, 1.54) is 16.5 Å². The molecule has 2 aromatic carbocycles. The van der Waals surface area contributed by atoms with Crippen LogP contribution in [0.25, 0.3) is 10.8 Å². The molecule has 0 bridgehead atoms.